The number of hydrogen-bond acceptors (Lipinski definition) is 6. The van der Waals surface area contributed by atoms with E-state index in [9.17, 15) is 0 Å². The van der Waals surface area contributed by atoms with Crippen LogP contribution in [0.3, 0.4) is 0 Å². The Hall–Kier alpha value is -1.87. The number of aromatic nitrogens is 2. The van der Waals surface area contributed by atoms with Gasteiger partial charge in [-0.15, -0.1) is 0 Å². The number of piperidine rings is 1. The molecule has 1 aromatic heterocycles. The highest BCUT2D eigenvalue weighted by Crippen LogP contribution is 2.15. The maximum absolute atomic E-state index is 9.10. The average molecular weight is 288 g/mol. The van der Waals surface area contributed by atoms with Crippen LogP contribution in [-0.4, -0.2) is 36.1 Å². The van der Waals surface area contributed by atoms with E-state index in [1.165, 1.54) is 12.8 Å². The SMILES string of the molecule is CCCCNc1nc(NCC2CCNCC2)ncc1C#N. The summed E-state index contributed by atoms with van der Waals surface area (Å²) < 4.78 is 0. The predicted octanol–water partition coefficient (Wildman–Crippen LogP) is 1.97. The summed E-state index contributed by atoms with van der Waals surface area (Å²) in [5.41, 5.74) is 0.499. The van der Waals surface area contributed by atoms with Gasteiger partial charge in [-0.05, 0) is 38.3 Å². The number of unbranched alkanes of at least 4 members (excludes halogenated alkanes) is 1. The molecule has 1 fully saturated rings. The maximum atomic E-state index is 9.10. The number of anilines is 2. The molecular weight excluding hydrogens is 264 g/mol. The number of nitrogens with zero attached hydrogens (tertiary/aromatic N) is 3. The van der Waals surface area contributed by atoms with E-state index in [1.807, 2.05) is 0 Å². The summed E-state index contributed by atoms with van der Waals surface area (Å²) >= 11 is 0. The number of nitriles is 1. The van der Waals surface area contributed by atoms with Crippen molar-refractivity contribution in [2.24, 2.45) is 5.92 Å². The molecule has 6 heteroatoms. The van der Waals surface area contributed by atoms with E-state index < -0.39 is 0 Å². The van der Waals surface area contributed by atoms with Crippen molar-refractivity contribution in [1.29, 1.82) is 5.26 Å². The van der Waals surface area contributed by atoms with Gasteiger partial charge in [-0.25, -0.2) is 4.98 Å². The molecule has 1 aromatic rings. The van der Waals surface area contributed by atoms with Gasteiger partial charge < -0.3 is 16.0 Å². The molecule has 1 aliphatic heterocycles. The first-order chi connectivity index (χ1) is 10.3. The van der Waals surface area contributed by atoms with E-state index >= 15 is 0 Å². The van der Waals surface area contributed by atoms with Crippen LogP contribution >= 0.6 is 0 Å². The summed E-state index contributed by atoms with van der Waals surface area (Å²) in [5.74, 6) is 1.90. The third-order valence-electron chi connectivity index (χ3n) is 3.74. The Kier molecular flexibility index (Phi) is 6.22. The van der Waals surface area contributed by atoms with E-state index in [4.69, 9.17) is 5.26 Å². The van der Waals surface area contributed by atoms with Crippen LogP contribution in [0.4, 0.5) is 11.8 Å². The van der Waals surface area contributed by atoms with Gasteiger partial charge >= 0.3 is 0 Å². The van der Waals surface area contributed by atoms with E-state index in [0.717, 1.165) is 39.0 Å². The van der Waals surface area contributed by atoms with Gasteiger partial charge in [-0.1, -0.05) is 13.3 Å². The molecule has 1 saturated heterocycles. The number of rotatable bonds is 7. The van der Waals surface area contributed by atoms with E-state index in [-0.39, 0.29) is 0 Å². The fourth-order valence-electron chi connectivity index (χ4n) is 2.39. The molecule has 6 nitrogen and oxygen atoms in total. The summed E-state index contributed by atoms with van der Waals surface area (Å²) in [5, 5.41) is 19.0. The van der Waals surface area contributed by atoms with Crippen molar-refractivity contribution >= 4 is 11.8 Å². The Morgan fingerprint density at radius 3 is 2.90 bits per heavy atom. The molecule has 3 N–H and O–H groups in total. The Balaban J connectivity index is 1.92. The van der Waals surface area contributed by atoms with Crippen LogP contribution in [0.15, 0.2) is 6.20 Å². The molecule has 0 saturated carbocycles. The third-order valence-corrected chi connectivity index (χ3v) is 3.74. The lowest BCUT2D eigenvalue weighted by Crippen LogP contribution is -2.31. The standard InChI is InChI=1S/C15H24N6/c1-2-3-6-18-14-13(9-16)11-20-15(21-14)19-10-12-4-7-17-8-5-12/h11-12,17H,2-8,10H2,1H3,(H2,18,19,20,21). The van der Waals surface area contributed by atoms with Gasteiger partial charge in [0.05, 0.1) is 6.20 Å². The lowest BCUT2D eigenvalue weighted by Gasteiger charge is -2.22. The zero-order valence-electron chi connectivity index (χ0n) is 12.7. The highest BCUT2D eigenvalue weighted by atomic mass is 15.1. The normalized spacial score (nSPS) is 15.4. The largest absolute Gasteiger partial charge is 0.369 e. The van der Waals surface area contributed by atoms with Crippen molar-refractivity contribution in [3.8, 4) is 6.07 Å². The number of nitrogens with one attached hydrogen (secondary N) is 3. The van der Waals surface area contributed by atoms with Crippen LogP contribution in [0.5, 0.6) is 0 Å². The van der Waals surface area contributed by atoms with Gasteiger partial charge in [0.2, 0.25) is 5.95 Å². The summed E-state index contributed by atoms with van der Waals surface area (Å²) in [6.07, 6.45) is 6.13. The van der Waals surface area contributed by atoms with Gasteiger partial charge in [-0.3, -0.25) is 0 Å². The minimum atomic E-state index is 0.499. The molecule has 0 bridgehead atoms. The van der Waals surface area contributed by atoms with Gasteiger partial charge in [-0.2, -0.15) is 10.2 Å². The van der Waals surface area contributed by atoms with Gasteiger partial charge in [0.15, 0.2) is 0 Å². The fraction of sp³-hybridized carbons (Fsp3) is 0.667. The highest BCUT2D eigenvalue weighted by Gasteiger charge is 2.13. The second kappa shape index (κ2) is 8.42. The van der Waals surface area contributed by atoms with Crippen LogP contribution in [0, 0.1) is 17.2 Å². The monoisotopic (exact) mass is 288 g/mol. The lowest BCUT2D eigenvalue weighted by molar-refractivity contribution is 0.389. The minimum Gasteiger partial charge on any atom is -0.369 e. The molecule has 0 aliphatic carbocycles. The predicted molar refractivity (Wildman–Crippen MR) is 84.2 cm³/mol. The van der Waals surface area contributed by atoms with Crippen LogP contribution in [0.2, 0.25) is 0 Å². The fourth-order valence-corrected chi connectivity index (χ4v) is 2.39. The van der Waals surface area contributed by atoms with Crippen molar-refractivity contribution < 1.29 is 0 Å². The van der Waals surface area contributed by atoms with Crippen LogP contribution in [0.25, 0.3) is 0 Å². The molecule has 21 heavy (non-hydrogen) atoms. The minimum absolute atomic E-state index is 0.499. The molecule has 114 valence electrons. The summed E-state index contributed by atoms with van der Waals surface area (Å²) in [4.78, 5) is 8.65. The van der Waals surface area contributed by atoms with Gasteiger partial charge in [0, 0.05) is 13.1 Å². The Labute approximate surface area is 126 Å². The molecule has 0 spiro atoms. The van der Waals surface area contributed by atoms with E-state index in [0.29, 0.717) is 23.2 Å². The zero-order valence-corrected chi connectivity index (χ0v) is 12.7. The zero-order chi connectivity index (χ0) is 14.9. The second-order valence-corrected chi connectivity index (χ2v) is 5.42. The summed E-state index contributed by atoms with van der Waals surface area (Å²) in [6.45, 7) is 6.03. The third kappa shape index (κ3) is 4.87. The Morgan fingerprint density at radius 1 is 1.38 bits per heavy atom. The van der Waals surface area contributed by atoms with Crippen molar-refractivity contribution in [2.75, 3.05) is 36.8 Å². The summed E-state index contributed by atoms with van der Waals surface area (Å²) in [6, 6.07) is 2.13. The van der Waals surface area contributed by atoms with E-state index in [1.54, 1.807) is 6.20 Å². The molecule has 0 unspecified atom stereocenters. The van der Waals surface area contributed by atoms with Crippen LogP contribution in [-0.2, 0) is 0 Å². The van der Waals surface area contributed by atoms with Crippen molar-refractivity contribution in [3.05, 3.63) is 11.8 Å². The van der Waals surface area contributed by atoms with Crippen molar-refractivity contribution in [1.82, 2.24) is 15.3 Å². The maximum Gasteiger partial charge on any atom is 0.224 e. The molecule has 1 aliphatic rings. The highest BCUT2D eigenvalue weighted by molar-refractivity contribution is 5.53. The van der Waals surface area contributed by atoms with Gasteiger partial charge in [0.25, 0.3) is 0 Å². The molecule has 0 amide bonds. The molecule has 0 aromatic carbocycles. The molecule has 2 rings (SSSR count). The Morgan fingerprint density at radius 2 is 2.19 bits per heavy atom. The first-order valence-electron chi connectivity index (χ1n) is 7.79. The lowest BCUT2D eigenvalue weighted by atomic mass is 9.98. The first kappa shape index (κ1) is 15.5. The molecule has 0 radical (unpaired) electrons. The van der Waals surface area contributed by atoms with E-state index in [2.05, 4.69) is 38.9 Å². The smallest absolute Gasteiger partial charge is 0.224 e. The molecule has 2 heterocycles. The van der Waals surface area contributed by atoms with Crippen LogP contribution in [0.1, 0.15) is 38.2 Å². The topological polar surface area (TPSA) is 85.7 Å². The average Bonchev–Trinajstić information content (AvgIpc) is 2.54. The first-order valence-corrected chi connectivity index (χ1v) is 7.79. The summed E-state index contributed by atoms with van der Waals surface area (Å²) in [7, 11) is 0. The van der Waals surface area contributed by atoms with Crippen molar-refractivity contribution in [3.63, 3.8) is 0 Å². The quantitative estimate of drug-likeness (QED) is 0.665. The van der Waals surface area contributed by atoms with Gasteiger partial charge in [0.1, 0.15) is 17.5 Å². The van der Waals surface area contributed by atoms with Crippen LogP contribution < -0.4 is 16.0 Å². The molecular formula is C15H24N6. The Bertz CT molecular complexity index is 476. The molecule has 0 atom stereocenters. The number of hydrogen-bond donors (Lipinski definition) is 3. The van der Waals surface area contributed by atoms with Crippen molar-refractivity contribution in [2.45, 2.75) is 32.6 Å². The second-order valence-electron chi connectivity index (χ2n) is 5.42.